The van der Waals surface area contributed by atoms with E-state index in [1.54, 1.807) is 10.9 Å². The smallest absolute Gasteiger partial charge is 0.335 e. The molecule has 2 rings (SSSR count). The van der Waals surface area contributed by atoms with Crippen molar-refractivity contribution in [1.82, 2.24) is 9.78 Å². The number of carboxylic acid groups (broad SMARTS) is 1. The topological polar surface area (TPSA) is 110 Å². The Morgan fingerprint density at radius 3 is 2.76 bits per heavy atom. The molecule has 0 atom stereocenters. The molecule has 8 nitrogen and oxygen atoms in total. The number of nitro groups is 1. The fraction of sp³-hybridized carbons (Fsp3) is 0.231. The van der Waals surface area contributed by atoms with E-state index >= 15 is 0 Å². The second kappa shape index (κ2) is 5.61. The normalized spacial score (nSPS) is 10.4. The van der Waals surface area contributed by atoms with Crippen molar-refractivity contribution in [2.45, 2.75) is 13.5 Å². The number of aromatic carboxylic acids is 1. The van der Waals surface area contributed by atoms with E-state index in [9.17, 15) is 14.9 Å². The lowest BCUT2D eigenvalue weighted by atomic mass is 10.1. The molecule has 0 unspecified atom stereocenters. The molecule has 8 heteroatoms. The first kappa shape index (κ1) is 14.5. The quantitative estimate of drug-likeness (QED) is 0.643. The third-order valence-electron chi connectivity index (χ3n) is 3.25. The molecule has 0 spiro atoms. The van der Waals surface area contributed by atoms with Crippen molar-refractivity contribution in [3.63, 3.8) is 0 Å². The van der Waals surface area contributed by atoms with Gasteiger partial charge in [0.2, 0.25) is 0 Å². The molecule has 0 fully saturated rings. The van der Waals surface area contributed by atoms with Crippen LogP contribution in [0, 0.1) is 17.0 Å². The molecule has 1 aromatic carbocycles. The number of nitrogens with zero attached hydrogens (tertiary/aromatic N) is 3. The SMILES string of the molecule is Cc1c(CNc2ccc(C(=O)O)cc2[N+](=O)[O-])cnn1C. The zero-order chi connectivity index (χ0) is 15.6. The van der Waals surface area contributed by atoms with Gasteiger partial charge in [-0.05, 0) is 19.1 Å². The van der Waals surface area contributed by atoms with Crippen LogP contribution in [0.15, 0.2) is 24.4 Å². The number of benzene rings is 1. The molecule has 2 N–H and O–H groups in total. The van der Waals surface area contributed by atoms with E-state index in [2.05, 4.69) is 10.4 Å². The summed E-state index contributed by atoms with van der Waals surface area (Å²) in [7, 11) is 1.81. The number of nitrogens with one attached hydrogen (secondary N) is 1. The second-order valence-corrected chi connectivity index (χ2v) is 4.53. The summed E-state index contributed by atoms with van der Waals surface area (Å²) in [6.07, 6.45) is 1.68. The van der Waals surface area contributed by atoms with Gasteiger partial charge in [0.05, 0.1) is 16.7 Å². The predicted molar refractivity (Wildman–Crippen MR) is 75.3 cm³/mol. The molecule has 0 saturated carbocycles. The maximum Gasteiger partial charge on any atom is 0.335 e. The van der Waals surface area contributed by atoms with Crippen molar-refractivity contribution in [3.05, 3.63) is 51.3 Å². The standard InChI is InChI=1S/C13H14N4O4/c1-8-10(7-15-16(8)2)6-14-11-4-3-9(13(18)19)5-12(11)17(20)21/h3-5,7,14H,6H2,1-2H3,(H,18,19). The first-order valence-electron chi connectivity index (χ1n) is 6.13. The van der Waals surface area contributed by atoms with Gasteiger partial charge in [-0.25, -0.2) is 4.79 Å². The number of hydrogen-bond acceptors (Lipinski definition) is 5. The number of hydrogen-bond donors (Lipinski definition) is 2. The molecule has 0 aliphatic carbocycles. The Balaban J connectivity index is 2.25. The molecule has 1 heterocycles. The van der Waals surface area contributed by atoms with Crippen LogP contribution in [0.3, 0.4) is 0 Å². The Labute approximate surface area is 120 Å². The minimum Gasteiger partial charge on any atom is -0.478 e. The van der Waals surface area contributed by atoms with Crippen molar-refractivity contribution in [3.8, 4) is 0 Å². The van der Waals surface area contributed by atoms with Crippen LogP contribution >= 0.6 is 0 Å². The Morgan fingerprint density at radius 2 is 2.24 bits per heavy atom. The number of anilines is 1. The molecule has 0 bridgehead atoms. The molecule has 2 aromatic rings. The van der Waals surface area contributed by atoms with E-state index in [1.807, 2.05) is 14.0 Å². The highest BCUT2D eigenvalue weighted by molar-refractivity contribution is 5.89. The lowest BCUT2D eigenvalue weighted by molar-refractivity contribution is -0.384. The summed E-state index contributed by atoms with van der Waals surface area (Å²) < 4.78 is 1.71. The molecule has 0 aliphatic rings. The Bertz CT molecular complexity index is 708. The number of nitro benzene ring substituents is 1. The van der Waals surface area contributed by atoms with Crippen LogP contribution in [-0.4, -0.2) is 25.8 Å². The van der Waals surface area contributed by atoms with Crippen LogP contribution in [0.4, 0.5) is 11.4 Å². The van der Waals surface area contributed by atoms with Gasteiger partial charge in [-0.15, -0.1) is 0 Å². The molecular weight excluding hydrogens is 276 g/mol. The molecule has 0 saturated heterocycles. The molecule has 1 aromatic heterocycles. The first-order valence-corrected chi connectivity index (χ1v) is 6.13. The number of aryl methyl sites for hydroxylation is 1. The lowest BCUT2D eigenvalue weighted by Crippen LogP contribution is -2.05. The summed E-state index contributed by atoms with van der Waals surface area (Å²) in [5, 5.41) is 26.9. The zero-order valence-corrected chi connectivity index (χ0v) is 11.5. The highest BCUT2D eigenvalue weighted by Crippen LogP contribution is 2.26. The van der Waals surface area contributed by atoms with Gasteiger partial charge in [0.15, 0.2) is 0 Å². The lowest BCUT2D eigenvalue weighted by Gasteiger charge is -2.07. The van der Waals surface area contributed by atoms with Gasteiger partial charge in [-0.3, -0.25) is 14.8 Å². The van der Waals surface area contributed by atoms with Crippen LogP contribution in [0.25, 0.3) is 0 Å². The van der Waals surface area contributed by atoms with Crippen LogP contribution < -0.4 is 5.32 Å². The van der Waals surface area contributed by atoms with Gasteiger partial charge in [-0.1, -0.05) is 0 Å². The van der Waals surface area contributed by atoms with Crippen LogP contribution in [0.2, 0.25) is 0 Å². The number of carbonyl (C=O) groups is 1. The molecule has 110 valence electrons. The molecule has 0 radical (unpaired) electrons. The van der Waals surface area contributed by atoms with Crippen molar-refractivity contribution in [2.75, 3.05) is 5.32 Å². The van der Waals surface area contributed by atoms with E-state index < -0.39 is 10.9 Å². The number of carboxylic acids is 1. The zero-order valence-electron chi connectivity index (χ0n) is 11.5. The average molecular weight is 290 g/mol. The van der Waals surface area contributed by atoms with Crippen molar-refractivity contribution in [1.29, 1.82) is 0 Å². The molecule has 0 amide bonds. The highest BCUT2D eigenvalue weighted by atomic mass is 16.6. The minimum absolute atomic E-state index is 0.121. The Kier molecular flexibility index (Phi) is 3.88. The minimum atomic E-state index is -1.20. The summed E-state index contributed by atoms with van der Waals surface area (Å²) in [5.41, 5.74) is 1.75. The van der Waals surface area contributed by atoms with E-state index in [0.717, 1.165) is 17.3 Å². The molecule has 0 aliphatic heterocycles. The number of aromatic nitrogens is 2. The second-order valence-electron chi connectivity index (χ2n) is 4.53. The Morgan fingerprint density at radius 1 is 1.52 bits per heavy atom. The first-order chi connectivity index (χ1) is 9.90. The molecule has 21 heavy (non-hydrogen) atoms. The third kappa shape index (κ3) is 2.99. The maximum absolute atomic E-state index is 11.0. The van der Waals surface area contributed by atoms with Crippen molar-refractivity contribution < 1.29 is 14.8 Å². The van der Waals surface area contributed by atoms with Crippen molar-refractivity contribution in [2.24, 2.45) is 7.05 Å². The Hall–Kier alpha value is -2.90. The van der Waals surface area contributed by atoms with Crippen LogP contribution in [-0.2, 0) is 13.6 Å². The van der Waals surface area contributed by atoms with Gasteiger partial charge in [0.1, 0.15) is 5.69 Å². The maximum atomic E-state index is 11.0. The summed E-state index contributed by atoms with van der Waals surface area (Å²) in [6, 6.07) is 3.77. The van der Waals surface area contributed by atoms with Gasteiger partial charge in [0, 0.05) is 30.9 Å². The third-order valence-corrected chi connectivity index (χ3v) is 3.25. The van der Waals surface area contributed by atoms with E-state index in [1.165, 1.54) is 12.1 Å². The number of rotatable bonds is 5. The summed E-state index contributed by atoms with van der Waals surface area (Å²) in [6.45, 7) is 2.26. The average Bonchev–Trinajstić information content (AvgIpc) is 2.76. The van der Waals surface area contributed by atoms with Gasteiger partial charge in [-0.2, -0.15) is 5.10 Å². The summed E-state index contributed by atoms with van der Waals surface area (Å²) >= 11 is 0. The largest absolute Gasteiger partial charge is 0.478 e. The summed E-state index contributed by atoms with van der Waals surface area (Å²) in [4.78, 5) is 21.3. The van der Waals surface area contributed by atoms with Gasteiger partial charge >= 0.3 is 5.97 Å². The fourth-order valence-corrected chi connectivity index (χ4v) is 1.87. The van der Waals surface area contributed by atoms with E-state index in [0.29, 0.717) is 6.54 Å². The monoisotopic (exact) mass is 290 g/mol. The van der Waals surface area contributed by atoms with Crippen LogP contribution in [0.5, 0.6) is 0 Å². The van der Waals surface area contributed by atoms with Crippen LogP contribution in [0.1, 0.15) is 21.6 Å². The summed E-state index contributed by atoms with van der Waals surface area (Å²) in [5.74, 6) is -1.20. The predicted octanol–water partition coefficient (Wildman–Crippen LogP) is 1.95. The highest BCUT2D eigenvalue weighted by Gasteiger charge is 2.17. The van der Waals surface area contributed by atoms with Crippen molar-refractivity contribution >= 4 is 17.3 Å². The molecular formula is C13H14N4O4. The van der Waals surface area contributed by atoms with Gasteiger partial charge < -0.3 is 10.4 Å². The van der Waals surface area contributed by atoms with E-state index in [4.69, 9.17) is 5.11 Å². The van der Waals surface area contributed by atoms with Gasteiger partial charge in [0.25, 0.3) is 5.69 Å². The van der Waals surface area contributed by atoms with E-state index in [-0.39, 0.29) is 16.9 Å². The fourth-order valence-electron chi connectivity index (χ4n) is 1.87.